The van der Waals surface area contributed by atoms with Gasteiger partial charge in [-0.25, -0.2) is 4.68 Å². The lowest BCUT2D eigenvalue weighted by Gasteiger charge is -2.15. The number of benzene rings is 2. The van der Waals surface area contributed by atoms with E-state index in [4.69, 9.17) is 14.2 Å². The van der Waals surface area contributed by atoms with Crippen LogP contribution < -0.4 is 14.2 Å². The molecule has 2 aromatic carbocycles. The summed E-state index contributed by atoms with van der Waals surface area (Å²) >= 11 is 0. The average molecular weight is 353 g/mol. The van der Waals surface area contributed by atoms with Crippen molar-refractivity contribution in [3.63, 3.8) is 0 Å². The maximum Gasteiger partial charge on any atom is 0.203 e. The SMILES string of the molecule is COc1cc(-n2nncc2-c2ccc(C(C)C)cc2)cc(OC)c1OC. The third-order valence-corrected chi connectivity index (χ3v) is 4.32. The summed E-state index contributed by atoms with van der Waals surface area (Å²) in [7, 11) is 4.76. The topological polar surface area (TPSA) is 58.4 Å². The van der Waals surface area contributed by atoms with E-state index in [1.807, 2.05) is 12.1 Å². The Labute approximate surface area is 153 Å². The molecule has 0 amide bonds. The van der Waals surface area contributed by atoms with E-state index >= 15 is 0 Å². The van der Waals surface area contributed by atoms with E-state index in [1.54, 1.807) is 32.2 Å². The summed E-state index contributed by atoms with van der Waals surface area (Å²) in [5, 5.41) is 8.33. The van der Waals surface area contributed by atoms with Gasteiger partial charge < -0.3 is 14.2 Å². The molecule has 26 heavy (non-hydrogen) atoms. The number of methoxy groups -OCH3 is 3. The lowest BCUT2D eigenvalue weighted by atomic mass is 10.0. The van der Waals surface area contributed by atoms with Crippen LogP contribution in [0.15, 0.2) is 42.6 Å². The second kappa shape index (κ2) is 7.47. The largest absolute Gasteiger partial charge is 0.493 e. The molecule has 0 bridgehead atoms. The van der Waals surface area contributed by atoms with Gasteiger partial charge in [0.1, 0.15) is 0 Å². The van der Waals surface area contributed by atoms with Crippen LogP contribution in [0.2, 0.25) is 0 Å². The van der Waals surface area contributed by atoms with Crippen LogP contribution in [0.25, 0.3) is 16.9 Å². The van der Waals surface area contributed by atoms with Gasteiger partial charge in [0.2, 0.25) is 5.75 Å². The van der Waals surface area contributed by atoms with Gasteiger partial charge >= 0.3 is 0 Å². The molecule has 6 heteroatoms. The van der Waals surface area contributed by atoms with E-state index in [0.29, 0.717) is 23.2 Å². The molecule has 0 aliphatic rings. The highest BCUT2D eigenvalue weighted by atomic mass is 16.5. The molecule has 0 spiro atoms. The molecule has 0 unspecified atom stereocenters. The smallest absolute Gasteiger partial charge is 0.203 e. The Hall–Kier alpha value is -3.02. The molecule has 6 nitrogen and oxygen atoms in total. The maximum atomic E-state index is 5.44. The summed E-state index contributed by atoms with van der Waals surface area (Å²) in [6, 6.07) is 12.1. The van der Waals surface area contributed by atoms with Gasteiger partial charge in [0.15, 0.2) is 11.5 Å². The monoisotopic (exact) mass is 353 g/mol. The Bertz CT molecular complexity index is 861. The molecule has 0 atom stereocenters. The van der Waals surface area contributed by atoms with Crippen molar-refractivity contribution in [1.29, 1.82) is 0 Å². The Morgan fingerprint density at radius 2 is 1.50 bits per heavy atom. The Morgan fingerprint density at radius 1 is 0.885 bits per heavy atom. The molecule has 1 heterocycles. The summed E-state index contributed by atoms with van der Waals surface area (Å²) in [6.45, 7) is 4.35. The van der Waals surface area contributed by atoms with Crippen molar-refractivity contribution in [3.05, 3.63) is 48.2 Å². The first kappa shape index (κ1) is 17.8. The predicted molar refractivity (Wildman–Crippen MR) is 101 cm³/mol. The lowest BCUT2D eigenvalue weighted by molar-refractivity contribution is 0.324. The fraction of sp³-hybridized carbons (Fsp3) is 0.300. The molecule has 3 rings (SSSR count). The number of hydrogen-bond donors (Lipinski definition) is 0. The minimum atomic E-state index is 0.488. The van der Waals surface area contributed by atoms with Crippen LogP contribution in [0.5, 0.6) is 17.2 Å². The fourth-order valence-electron chi connectivity index (χ4n) is 2.85. The first-order chi connectivity index (χ1) is 12.6. The molecule has 0 N–H and O–H groups in total. The molecule has 0 aliphatic heterocycles. The molecule has 0 radical (unpaired) electrons. The zero-order valence-corrected chi connectivity index (χ0v) is 15.7. The number of hydrogen-bond acceptors (Lipinski definition) is 5. The molecule has 0 fully saturated rings. The number of ether oxygens (including phenoxy) is 3. The van der Waals surface area contributed by atoms with Gasteiger partial charge in [-0.15, -0.1) is 5.10 Å². The number of nitrogens with zero attached hydrogens (tertiary/aromatic N) is 3. The molecular weight excluding hydrogens is 330 g/mol. The van der Waals surface area contributed by atoms with Crippen LogP contribution in [-0.4, -0.2) is 36.3 Å². The quantitative estimate of drug-likeness (QED) is 0.668. The highest BCUT2D eigenvalue weighted by molar-refractivity contribution is 5.64. The molecule has 1 aromatic heterocycles. The molecule has 3 aromatic rings. The maximum absolute atomic E-state index is 5.44. The van der Waals surface area contributed by atoms with Crippen molar-refractivity contribution in [3.8, 4) is 34.2 Å². The lowest BCUT2D eigenvalue weighted by Crippen LogP contribution is -2.03. The van der Waals surface area contributed by atoms with Gasteiger partial charge in [-0.2, -0.15) is 0 Å². The molecule has 136 valence electrons. The molecule has 0 saturated heterocycles. The standard InChI is InChI=1S/C20H23N3O3/c1-13(2)14-6-8-15(9-7-14)17-12-21-22-23(17)16-10-18(24-3)20(26-5)19(11-16)25-4/h6-13H,1-5H3. The van der Waals surface area contributed by atoms with Crippen molar-refractivity contribution < 1.29 is 14.2 Å². The number of rotatable bonds is 6. The highest BCUT2D eigenvalue weighted by Crippen LogP contribution is 2.39. The van der Waals surface area contributed by atoms with Crippen molar-refractivity contribution >= 4 is 0 Å². The van der Waals surface area contributed by atoms with Crippen molar-refractivity contribution in [2.24, 2.45) is 0 Å². The van der Waals surface area contributed by atoms with Crippen LogP contribution in [0.4, 0.5) is 0 Å². The normalized spacial score (nSPS) is 10.8. The Morgan fingerprint density at radius 3 is 2.00 bits per heavy atom. The molecule has 0 saturated carbocycles. The number of aromatic nitrogens is 3. The molecule has 0 aliphatic carbocycles. The van der Waals surface area contributed by atoms with Crippen LogP contribution in [0, 0.1) is 0 Å². The summed E-state index contributed by atoms with van der Waals surface area (Å²) in [5.41, 5.74) is 3.99. The van der Waals surface area contributed by atoms with E-state index < -0.39 is 0 Å². The molecular formula is C20H23N3O3. The van der Waals surface area contributed by atoms with Crippen molar-refractivity contribution in [2.75, 3.05) is 21.3 Å². The Kier molecular flexibility index (Phi) is 5.11. The van der Waals surface area contributed by atoms with Gasteiger partial charge in [0.05, 0.1) is 38.9 Å². The van der Waals surface area contributed by atoms with Crippen LogP contribution in [0.3, 0.4) is 0 Å². The van der Waals surface area contributed by atoms with E-state index in [0.717, 1.165) is 16.9 Å². The van der Waals surface area contributed by atoms with Crippen LogP contribution in [0.1, 0.15) is 25.3 Å². The van der Waals surface area contributed by atoms with E-state index in [-0.39, 0.29) is 0 Å². The van der Waals surface area contributed by atoms with E-state index in [2.05, 4.69) is 48.4 Å². The first-order valence-electron chi connectivity index (χ1n) is 8.40. The summed E-state index contributed by atoms with van der Waals surface area (Å²) in [5.74, 6) is 2.17. The van der Waals surface area contributed by atoms with Crippen LogP contribution >= 0.6 is 0 Å². The van der Waals surface area contributed by atoms with Gasteiger partial charge in [-0.3, -0.25) is 0 Å². The van der Waals surface area contributed by atoms with Crippen molar-refractivity contribution in [1.82, 2.24) is 15.0 Å². The minimum absolute atomic E-state index is 0.488. The summed E-state index contributed by atoms with van der Waals surface area (Å²) in [6.07, 6.45) is 1.74. The highest BCUT2D eigenvalue weighted by Gasteiger charge is 2.17. The second-order valence-electron chi connectivity index (χ2n) is 6.19. The van der Waals surface area contributed by atoms with Gasteiger partial charge in [0, 0.05) is 17.7 Å². The van der Waals surface area contributed by atoms with E-state index in [1.165, 1.54) is 5.56 Å². The van der Waals surface area contributed by atoms with Gasteiger partial charge in [-0.05, 0) is 11.5 Å². The fourth-order valence-corrected chi connectivity index (χ4v) is 2.85. The minimum Gasteiger partial charge on any atom is -0.493 e. The van der Waals surface area contributed by atoms with Crippen molar-refractivity contribution in [2.45, 2.75) is 19.8 Å². The average Bonchev–Trinajstić information content (AvgIpc) is 3.16. The third kappa shape index (κ3) is 3.22. The zero-order valence-electron chi connectivity index (χ0n) is 15.7. The zero-order chi connectivity index (χ0) is 18.7. The predicted octanol–water partition coefficient (Wildman–Crippen LogP) is 4.08. The van der Waals surface area contributed by atoms with E-state index in [9.17, 15) is 0 Å². The van der Waals surface area contributed by atoms with Crippen LogP contribution in [-0.2, 0) is 0 Å². The van der Waals surface area contributed by atoms with Gasteiger partial charge in [0.25, 0.3) is 0 Å². The third-order valence-electron chi connectivity index (χ3n) is 4.32. The van der Waals surface area contributed by atoms with Gasteiger partial charge in [-0.1, -0.05) is 43.3 Å². The second-order valence-corrected chi connectivity index (χ2v) is 6.19. The first-order valence-corrected chi connectivity index (χ1v) is 8.40. The Balaban J connectivity index is 2.08. The summed E-state index contributed by atoms with van der Waals surface area (Å²) < 4.78 is 18.0. The summed E-state index contributed by atoms with van der Waals surface area (Å²) in [4.78, 5) is 0.